The minimum absolute atomic E-state index is 0.251. The third kappa shape index (κ3) is 2.08. The highest BCUT2D eigenvalue weighted by molar-refractivity contribution is 5.20. The first kappa shape index (κ1) is 9.26. The fraction of sp³-hybridized carbons (Fsp3) is 0.667. The van der Waals surface area contributed by atoms with Crippen molar-refractivity contribution >= 4 is 0 Å². The van der Waals surface area contributed by atoms with Crippen LogP contribution in [0, 0.1) is 13.8 Å². The van der Waals surface area contributed by atoms with Crippen molar-refractivity contribution in [3.05, 3.63) is 17.0 Å². The molecule has 0 unspecified atom stereocenters. The Hall–Kier alpha value is -0.830. The molecule has 0 aromatic carbocycles. The van der Waals surface area contributed by atoms with Crippen LogP contribution in [0.1, 0.15) is 30.4 Å². The Kier molecular flexibility index (Phi) is 2.87. The van der Waals surface area contributed by atoms with Gasteiger partial charge in [0.1, 0.15) is 5.76 Å². The van der Waals surface area contributed by atoms with Gasteiger partial charge in [-0.05, 0) is 33.6 Å². The molecule has 12 heavy (non-hydrogen) atoms. The fourth-order valence-electron chi connectivity index (χ4n) is 1.21. The van der Waals surface area contributed by atoms with Gasteiger partial charge in [0.15, 0.2) is 0 Å². The van der Waals surface area contributed by atoms with Gasteiger partial charge in [-0.25, -0.2) is 0 Å². The number of hydrogen-bond acceptors (Lipinski definition) is 3. The Labute approximate surface area is 72.4 Å². The van der Waals surface area contributed by atoms with Crippen molar-refractivity contribution in [2.75, 3.05) is 0 Å². The molecule has 3 nitrogen and oxygen atoms in total. The number of hydrogen-bond donors (Lipinski definition) is 1. The van der Waals surface area contributed by atoms with Gasteiger partial charge in [0.2, 0.25) is 0 Å². The van der Waals surface area contributed by atoms with Crippen LogP contribution in [0.4, 0.5) is 0 Å². The number of aliphatic hydroxyl groups is 1. The van der Waals surface area contributed by atoms with Crippen molar-refractivity contribution in [1.82, 2.24) is 5.16 Å². The van der Waals surface area contributed by atoms with Gasteiger partial charge in [-0.1, -0.05) is 5.16 Å². The van der Waals surface area contributed by atoms with Gasteiger partial charge in [0.05, 0.1) is 11.8 Å². The van der Waals surface area contributed by atoms with E-state index in [1.54, 1.807) is 6.92 Å². The van der Waals surface area contributed by atoms with E-state index in [9.17, 15) is 0 Å². The molecule has 1 atom stereocenters. The Morgan fingerprint density at radius 3 is 2.58 bits per heavy atom. The summed E-state index contributed by atoms with van der Waals surface area (Å²) in [4.78, 5) is 0. The van der Waals surface area contributed by atoms with Crippen molar-refractivity contribution in [3.8, 4) is 0 Å². The number of nitrogens with zero attached hydrogens (tertiary/aromatic N) is 1. The molecule has 0 radical (unpaired) electrons. The van der Waals surface area contributed by atoms with Crippen molar-refractivity contribution in [2.24, 2.45) is 0 Å². The van der Waals surface area contributed by atoms with E-state index in [1.165, 1.54) is 0 Å². The molecular weight excluding hydrogens is 154 g/mol. The highest BCUT2D eigenvalue weighted by Gasteiger charge is 2.09. The average molecular weight is 169 g/mol. The molecular formula is C9H15NO2. The molecule has 0 aliphatic carbocycles. The van der Waals surface area contributed by atoms with Crippen LogP contribution in [0.3, 0.4) is 0 Å². The molecule has 0 saturated carbocycles. The molecule has 1 rings (SSSR count). The molecule has 0 amide bonds. The third-order valence-electron chi connectivity index (χ3n) is 1.99. The van der Waals surface area contributed by atoms with E-state index in [0.717, 1.165) is 29.9 Å². The molecule has 1 aromatic heterocycles. The molecule has 0 bridgehead atoms. The fourth-order valence-corrected chi connectivity index (χ4v) is 1.21. The second-order valence-corrected chi connectivity index (χ2v) is 3.19. The molecule has 1 aromatic rings. The van der Waals surface area contributed by atoms with Crippen LogP contribution in [0.25, 0.3) is 0 Å². The molecule has 1 heterocycles. The summed E-state index contributed by atoms with van der Waals surface area (Å²) in [6.45, 7) is 5.61. The van der Waals surface area contributed by atoms with Gasteiger partial charge in [0, 0.05) is 5.56 Å². The largest absolute Gasteiger partial charge is 0.393 e. The van der Waals surface area contributed by atoms with Crippen molar-refractivity contribution in [1.29, 1.82) is 0 Å². The first-order chi connectivity index (χ1) is 5.61. The summed E-state index contributed by atoms with van der Waals surface area (Å²) in [5, 5.41) is 12.9. The van der Waals surface area contributed by atoms with Crippen LogP contribution in [0.2, 0.25) is 0 Å². The predicted octanol–water partition coefficient (Wildman–Crippen LogP) is 1.60. The molecule has 0 spiro atoms. The van der Waals surface area contributed by atoms with E-state index in [4.69, 9.17) is 9.63 Å². The first-order valence-electron chi connectivity index (χ1n) is 4.21. The van der Waals surface area contributed by atoms with Crippen LogP contribution < -0.4 is 0 Å². The minimum atomic E-state index is -0.251. The number of rotatable bonds is 3. The monoisotopic (exact) mass is 169 g/mol. The Morgan fingerprint density at radius 1 is 1.50 bits per heavy atom. The van der Waals surface area contributed by atoms with Crippen molar-refractivity contribution in [3.63, 3.8) is 0 Å². The maximum Gasteiger partial charge on any atom is 0.137 e. The van der Waals surface area contributed by atoms with Gasteiger partial charge in [-0.3, -0.25) is 0 Å². The lowest BCUT2D eigenvalue weighted by molar-refractivity contribution is 0.184. The van der Waals surface area contributed by atoms with Gasteiger partial charge in [-0.15, -0.1) is 0 Å². The summed E-state index contributed by atoms with van der Waals surface area (Å²) < 4.78 is 5.00. The zero-order valence-electron chi connectivity index (χ0n) is 7.79. The SMILES string of the molecule is Cc1noc(C)c1CC[C@@H](C)O. The van der Waals surface area contributed by atoms with E-state index >= 15 is 0 Å². The Bertz CT molecular complexity index is 234. The smallest absolute Gasteiger partial charge is 0.137 e. The summed E-state index contributed by atoms with van der Waals surface area (Å²) in [6.07, 6.45) is 1.36. The zero-order valence-corrected chi connectivity index (χ0v) is 7.79. The average Bonchev–Trinajstić information content (AvgIpc) is 2.28. The highest BCUT2D eigenvalue weighted by atomic mass is 16.5. The second kappa shape index (κ2) is 3.72. The van der Waals surface area contributed by atoms with E-state index in [1.807, 2.05) is 13.8 Å². The van der Waals surface area contributed by atoms with Crippen LogP contribution in [0.5, 0.6) is 0 Å². The third-order valence-corrected chi connectivity index (χ3v) is 1.99. The minimum Gasteiger partial charge on any atom is -0.393 e. The van der Waals surface area contributed by atoms with Crippen LogP contribution in [-0.2, 0) is 6.42 Å². The predicted molar refractivity (Wildman–Crippen MR) is 46.0 cm³/mol. The summed E-state index contributed by atoms with van der Waals surface area (Å²) in [7, 11) is 0. The lowest BCUT2D eigenvalue weighted by Gasteiger charge is -2.02. The van der Waals surface area contributed by atoms with Gasteiger partial charge in [0.25, 0.3) is 0 Å². The molecule has 0 aliphatic heterocycles. The van der Waals surface area contributed by atoms with Crippen LogP contribution in [-0.4, -0.2) is 16.4 Å². The maximum absolute atomic E-state index is 9.08. The molecule has 0 fully saturated rings. The van der Waals surface area contributed by atoms with Gasteiger partial charge >= 0.3 is 0 Å². The summed E-state index contributed by atoms with van der Waals surface area (Å²) in [5.74, 6) is 0.869. The number of aryl methyl sites for hydroxylation is 2. The molecule has 0 saturated heterocycles. The Balaban J connectivity index is 2.62. The zero-order chi connectivity index (χ0) is 9.14. The quantitative estimate of drug-likeness (QED) is 0.747. The second-order valence-electron chi connectivity index (χ2n) is 3.19. The first-order valence-corrected chi connectivity index (χ1v) is 4.21. The number of aromatic nitrogens is 1. The Morgan fingerprint density at radius 2 is 2.17 bits per heavy atom. The van der Waals surface area contributed by atoms with E-state index < -0.39 is 0 Å². The van der Waals surface area contributed by atoms with Crippen LogP contribution in [0.15, 0.2) is 4.52 Å². The van der Waals surface area contributed by atoms with Gasteiger partial charge in [-0.2, -0.15) is 0 Å². The number of aliphatic hydroxyl groups excluding tert-OH is 1. The molecule has 0 aliphatic rings. The molecule has 68 valence electrons. The normalized spacial score (nSPS) is 13.3. The van der Waals surface area contributed by atoms with E-state index in [2.05, 4.69) is 5.16 Å². The standard InChI is InChI=1S/C9H15NO2/c1-6(11)4-5-9-7(2)10-12-8(9)3/h6,11H,4-5H2,1-3H3/t6-/m1/s1. The lowest BCUT2D eigenvalue weighted by atomic mass is 10.1. The van der Waals surface area contributed by atoms with Crippen molar-refractivity contribution < 1.29 is 9.63 Å². The van der Waals surface area contributed by atoms with Crippen LogP contribution >= 0.6 is 0 Å². The molecule has 3 heteroatoms. The topological polar surface area (TPSA) is 46.3 Å². The van der Waals surface area contributed by atoms with E-state index in [0.29, 0.717) is 0 Å². The summed E-state index contributed by atoms with van der Waals surface area (Å²) in [5.41, 5.74) is 2.07. The maximum atomic E-state index is 9.08. The van der Waals surface area contributed by atoms with Crippen molar-refractivity contribution in [2.45, 2.75) is 39.7 Å². The van der Waals surface area contributed by atoms with Gasteiger partial charge < -0.3 is 9.63 Å². The summed E-state index contributed by atoms with van der Waals surface area (Å²) >= 11 is 0. The molecule has 1 N–H and O–H groups in total. The lowest BCUT2D eigenvalue weighted by Crippen LogP contribution is -2.02. The highest BCUT2D eigenvalue weighted by Crippen LogP contribution is 2.14. The van der Waals surface area contributed by atoms with E-state index in [-0.39, 0.29) is 6.10 Å². The summed E-state index contributed by atoms with van der Waals surface area (Å²) in [6, 6.07) is 0.